The molecule has 0 atom stereocenters. The molecule has 5 heteroatoms. The predicted molar refractivity (Wildman–Crippen MR) is 91.2 cm³/mol. The summed E-state index contributed by atoms with van der Waals surface area (Å²) in [7, 11) is 0. The summed E-state index contributed by atoms with van der Waals surface area (Å²) in [5.41, 5.74) is 2.92. The van der Waals surface area contributed by atoms with Crippen LogP contribution in [0, 0.1) is 11.3 Å². The summed E-state index contributed by atoms with van der Waals surface area (Å²) in [5.74, 6) is 0. The Hall–Kier alpha value is -2.71. The van der Waals surface area contributed by atoms with Crippen molar-refractivity contribution in [2.75, 3.05) is 13.1 Å². The molecule has 2 aromatic heterocycles. The fraction of sp³-hybridized carbons (Fsp3) is 0.316. The van der Waals surface area contributed by atoms with Crippen LogP contribution in [0.3, 0.4) is 0 Å². The maximum absolute atomic E-state index is 9.78. The molecule has 120 valence electrons. The van der Waals surface area contributed by atoms with E-state index < -0.39 is 0 Å². The van der Waals surface area contributed by atoms with Gasteiger partial charge in [-0.25, -0.2) is 9.50 Å². The Labute approximate surface area is 141 Å². The second-order valence-electron chi connectivity index (χ2n) is 6.43. The third-order valence-electron chi connectivity index (χ3n) is 5.00. The molecule has 24 heavy (non-hydrogen) atoms. The number of nitriles is 1. The molecule has 0 N–H and O–H groups in total. The van der Waals surface area contributed by atoms with Crippen LogP contribution < -0.4 is 0 Å². The second-order valence-corrected chi connectivity index (χ2v) is 6.43. The van der Waals surface area contributed by atoms with Crippen molar-refractivity contribution in [2.24, 2.45) is 0 Å². The summed E-state index contributed by atoms with van der Waals surface area (Å²) in [6, 6.07) is 17.0. The monoisotopic (exact) mass is 317 g/mol. The van der Waals surface area contributed by atoms with Gasteiger partial charge in [0, 0.05) is 25.8 Å². The zero-order valence-electron chi connectivity index (χ0n) is 13.5. The first-order valence-corrected chi connectivity index (χ1v) is 8.26. The number of benzene rings is 1. The number of fused-ring (bicyclic) bond motifs is 1. The first-order valence-electron chi connectivity index (χ1n) is 8.26. The van der Waals surface area contributed by atoms with Gasteiger partial charge in [-0.15, -0.1) is 0 Å². The van der Waals surface area contributed by atoms with Crippen LogP contribution in [0.1, 0.15) is 24.0 Å². The number of likely N-dealkylation sites (tertiary alicyclic amines) is 1. The molecule has 1 saturated heterocycles. The van der Waals surface area contributed by atoms with Gasteiger partial charge < -0.3 is 0 Å². The van der Waals surface area contributed by atoms with E-state index in [4.69, 9.17) is 0 Å². The molecule has 3 heterocycles. The van der Waals surface area contributed by atoms with Gasteiger partial charge in [-0.2, -0.15) is 10.4 Å². The Morgan fingerprint density at radius 1 is 1.12 bits per heavy atom. The van der Waals surface area contributed by atoms with Crippen molar-refractivity contribution in [1.82, 2.24) is 19.5 Å². The minimum absolute atomic E-state index is 0.339. The minimum atomic E-state index is -0.339. The molecule has 0 aliphatic carbocycles. The average molecular weight is 317 g/mol. The first-order chi connectivity index (χ1) is 11.8. The molecule has 0 unspecified atom stereocenters. The van der Waals surface area contributed by atoms with Crippen LogP contribution in [0.15, 0.2) is 55.0 Å². The highest BCUT2D eigenvalue weighted by Gasteiger charge is 2.36. The maximum atomic E-state index is 9.78. The number of piperidine rings is 1. The third kappa shape index (κ3) is 2.66. The molecule has 1 aliphatic heterocycles. The molecule has 0 radical (unpaired) electrons. The summed E-state index contributed by atoms with van der Waals surface area (Å²) in [6.45, 7) is 2.75. The highest BCUT2D eigenvalue weighted by molar-refractivity contribution is 5.39. The Balaban J connectivity index is 1.46. The van der Waals surface area contributed by atoms with E-state index in [0.717, 1.165) is 43.7 Å². The van der Waals surface area contributed by atoms with Crippen LogP contribution in [0.2, 0.25) is 0 Å². The van der Waals surface area contributed by atoms with E-state index in [-0.39, 0.29) is 5.41 Å². The van der Waals surface area contributed by atoms with Gasteiger partial charge in [0.2, 0.25) is 0 Å². The molecule has 1 aromatic carbocycles. The molecular formula is C19H19N5. The van der Waals surface area contributed by atoms with Crippen LogP contribution in [-0.4, -0.2) is 32.6 Å². The fourth-order valence-corrected chi connectivity index (χ4v) is 3.53. The van der Waals surface area contributed by atoms with Gasteiger partial charge in [-0.1, -0.05) is 30.3 Å². The number of hydrogen-bond donors (Lipinski definition) is 0. The number of aromatic nitrogens is 3. The smallest absolute Gasteiger partial charge is 0.155 e. The SMILES string of the molecule is N#CC1(c2ccccc2)CCN(Cc2ccn3ncnc3c2)CC1. The van der Waals surface area contributed by atoms with E-state index in [0.29, 0.717) is 0 Å². The van der Waals surface area contributed by atoms with Gasteiger partial charge in [0.1, 0.15) is 6.33 Å². The molecule has 0 saturated carbocycles. The molecule has 1 fully saturated rings. The minimum Gasteiger partial charge on any atom is -0.299 e. The van der Waals surface area contributed by atoms with Gasteiger partial charge in [0.05, 0.1) is 11.5 Å². The Bertz CT molecular complexity index is 869. The van der Waals surface area contributed by atoms with Gasteiger partial charge in [0.25, 0.3) is 0 Å². The zero-order valence-corrected chi connectivity index (χ0v) is 13.5. The van der Waals surface area contributed by atoms with E-state index in [9.17, 15) is 5.26 Å². The van der Waals surface area contributed by atoms with Crippen molar-refractivity contribution >= 4 is 5.65 Å². The van der Waals surface area contributed by atoms with Gasteiger partial charge >= 0.3 is 0 Å². The summed E-state index contributed by atoms with van der Waals surface area (Å²) < 4.78 is 1.77. The van der Waals surface area contributed by atoms with Crippen LogP contribution in [0.4, 0.5) is 0 Å². The number of nitrogens with zero attached hydrogens (tertiary/aromatic N) is 5. The van der Waals surface area contributed by atoms with E-state index in [1.807, 2.05) is 24.4 Å². The Morgan fingerprint density at radius 2 is 1.92 bits per heavy atom. The average Bonchev–Trinajstić information content (AvgIpc) is 3.11. The second kappa shape index (κ2) is 6.06. The molecule has 1 aliphatic rings. The lowest BCUT2D eigenvalue weighted by atomic mass is 9.74. The lowest BCUT2D eigenvalue weighted by molar-refractivity contribution is 0.179. The highest BCUT2D eigenvalue weighted by atomic mass is 15.3. The summed E-state index contributed by atoms with van der Waals surface area (Å²) >= 11 is 0. The third-order valence-corrected chi connectivity index (χ3v) is 5.00. The standard InChI is InChI=1S/C19H19N5/c20-14-19(17-4-2-1-3-5-17)7-10-23(11-8-19)13-16-6-9-24-18(12-16)21-15-22-24/h1-6,9,12,15H,7-8,10-11,13H2. The van der Waals surface area contributed by atoms with Crippen molar-refractivity contribution in [2.45, 2.75) is 24.8 Å². The quantitative estimate of drug-likeness (QED) is 0.745. The van der Waals surface area contributed by atoms with Crippen molar-refractivity contribution < 1.29 is 0 Å². The van der Waals surface area contributed by atoms with Crippen molar-refractivity contribution in [3.63, 3.8) is 0 Å². The highest BCUT2D eigenvalue weighted by Crippen LogP contribution is 2.35. The molecule has 0 spiro atoms. The normalized spacial score (nSPS) is 17.6. The summed E-state index contributed by atoms with van der Waals surface area (Å²) in [5, 5.41) is 13.9. The molecule has 5 nitrogen and oxygen atoms in total. The Morgan fingerprint density at radius 3 is 2.67 bits per heavy atom. The van der Waals surface area contributed by atoms with Crippen molar-refractivity contribution in [3.05, 3.63) is 66.1 Å². The lowest BCUT2D eigenvalue weighted by Gasteiger charge is -2.37. The molecule has 4 rings (SSSR count). The van der Waals surface area contributed by atoms with Crippen LogP contribution in [0.25, 0.3) is 5.65 Å². The van der Waals surface area contributed by atoms with Crippen molar-refractivity contribution in [1.29, 1.82) is 5.26 Å². The fourth-order valence-electron chi connectivity index (χ4n) is 3.53. The number of pyridine rings is 1. The lowest BCUT2D eigenvalue weighted by Crippen LogP contribution is -2.41. The molecule has 3 aromatic rings. The van der Waals surface area contributed by atoms with Gasteiger partial charge in [-0.05, 0) is 36.1 Å². The first kappa shape index (κ1) is 14.9. The van der Waals surface area contributed by atoms with Gasteiger partial charge in [-0.3, -0.25) is 4.90 Å². The molecule has 0 amide bonds. The summed E-state index contributed by atoms with van der Waals surface area (Å²) in [6.07, 6.45) is 5.27. The van der Waals surface area contributed by atoms with Crippen LogP contribution >= 0.6 is 0 Å². The molecular weight excluding hydrogens is 298 g/mol. The maximum Gasteiger partial charge on any atom is 0.155 e. The zero-order chi connectivity index (χ0) is 16.4. The topological polar surface area (TPSA) is 57.2 Å². The van der Waals surface area contributed by atoms with Crippen LogP contribution in [-0.2, 0) is 12.0 Å². The largest absolute Gasteiger partial charge is 0.299 e. The Kier molecular flexibility index (Phi) is 3.75. The van der Waals surface area contributed by atoms with E-state index >= 15 is 0 Å². The van der Waals surface area contributed by atoms with Gasteiger partial charge in [0.15, 0.2) is 5.65 Å². The van der Waals surface area contributed by atoms with E-state index in [2.05, 4.69) is 45.3 Å². The molecule has 0 bridgehead atoms. The number of hydrogen-bond acceptors (Lipinski definition) is 4. The van der Waals surface area contributed by atoms with Crippen LogP contribution in [0.5, 0.6) is 0 Å². The van der Waals surface area contributed by atoms with E-state index in [1.54, 1.807) is 10.8 Å². The summed E-state index contributed by atoms with van der Waals surface area (Å²) in [4.78, 5) is 6.66. The van der Waals surface area contributed by atoms with E-state index in [1.165, 1.54) is 5.56 Å². The van der Waals surface area contributed by atoms with Crippen molar-refractivity contribution in [3.8, 4) is 6.07 Å². The number of rotatable bonds is 3. The predicted octanol–water partition coefficient (Wildman–Crippen LogP) is 2.79.